The Balaban J connectivity index is 1.42. The van der Waals surface area contributed by atoms with E-state index in [2.05, 4.69) is 28.6 Å². The summed E-state index contributed by atoms with van der Waals surface area (Å²) in [6.45, 7) is 1.74. The molecule has 2 fully saturated rings. The Morgan fingerprint density at radius 2 is 2.10 bits per heavy atom. The topological polar surface area (TPSA) is 78.0 Å². The number of rotatable bonds is 4. The Morgan fingerprint density at radius 3 is 2.87 bits per heavy atom. The monoisotopic (exact) mass is 405 g/mol. The van der Waals surface area contributed by atoms with Crippen LogP contribution in [0.5, 0.6) is 0 Å². The van der Waals surface area contributed by atoms with Crippen molar-refractivity contribution >= 4 is 17.6 Å². The van der Waals surface area contributed by atoms with Crippen molar-refractivity contribution in [3.8, 4) is 11.1 Å². The van der Waals surface area contributed by atoms with E-state index >= 15 is 0 Å². The smallest absolute Gasteiger partial charge is 0.140 e. The molecular weight excluding hydrogens is 377 g/mol. The van der Waals surface area contributed by atoms with Crippen molar-refractivity contribution in [3.63, 3.8) is 0 Å². The number of halogens is 1. The first-order valence-corrected chi connectivity index (χ1v) is 10.8. The van der Waals surface area contributed by atoms with Gasteiger partial charge in [0.1, 0.15) is 11.5 Å². The molecule has 5 rings (SSSR count). The van der Waals surface area contributed by atoms with Gasteiger partial charge in [-0.1, -0.05) is 24.6 Å². The summed E-state index contributed by atoms with van der Waals surface area (Å²) in [5.74, 6) is 0.806. The van der Waals surface area contributed by atoms with Crippen LogP contribution in [0.15, 0.2) is 36.5 Å². The van der Waals surface area contributed by atoms with E-state index in [9.17, 15) is 4.39 Å². The SMILES string of the molecule is CC1(F)CC2CCCC1N2Nc1ccc2c(n1)CCc1cc(/C(C=N)=C/N)ccc1-2. The van der Waals surface area contributed by atoms with E-state index in [1.54, 1.807) is 6.92 Å². The summed E-state index contributed by atoms with van der Waals surface area (Å²) in [7, 11) is 0. The molecule has 2 aromatic rings. The summed E-state index contributed by atoms with van der Waals surface area (Å²) in [6, 6.07) is 10.5. The normalized spacial score (nSPS) is 28.0. The number of piperidine rings is 1. The van der Waals surface area contributed by atoms with E-state index < -0.39 is 5.67 Å². The molecule has 0 spiro atoms. The minimum absolute atomic E-state index is 0.0770. The van der Waals surface area contributed by atoms with Gasteiger partial charge in [-0.3, -0.25) is 0 Å². The molecule has 4 N–H and O–H groups in total. The molecule has 1 aromatic heterocycles. The summed E-state index contributed by atoms with van der Waals surface area (Å²) in [5, 5.41) is 9.65. The molecular formula is C24H28FN5. The van der Waals surface area contributed by atoms with Crippen LogP contribution in [-0.2, 0) is 12.8 Å². The van der Waals surface area contributed by atoms with Crippen molar-refractivity contribution < 1.29 is 4.39 Å². The van der Waals surface area contributed by atoms with E-state index in [4.69, 9.17) is 16.1 Å². The minimum Gasteiger partial charge on any atom is -0.404 e. The zero-order valence-electron chi connectivity index (χ0n) is 17.3. The molecule has 1 aliphatic carbocycles. The lowest BCUT2D eigenvalue weighted by atomic mass is 9.86. The van der Waals surface area contributed by atoms with Gasteiger partial charge in [-0.15, -0.1) is 0 Å². The molecule has 156 valence electrons. The largest absolute Gasteiger partial charge is 0.404 e. The standard InChI is InChI=1S/C24H28FN5/c1-24(25)12-18-3-2-4-22(24)30(18)29-23-10-8-20-19-7-5-15(17(13-26)14-27)11-16(19)6-9-21(20)28-23/h5,7-8,10-11,13-14,18,22,26H,2-4,6,9,12,27H2,1H3,(H,28,29)/b17-14+,26-13?. The van der Waals surface area contributed by atoms with Gasteiger partial charge >= 0.3 is 0 Å². The zero-order chi connectivity index (χ0) is 20.9. The Morgan fingerprint density at radius 1 is 1.27 bits per heavy atom. The lowest BCUT2D eigenvalue weighted by Crippen LogP contribution is -2.47. The quantitative estimate of drug-likeness (QED) is 0.656. The molecule has 0 radical (unpaired) electrons. The van der Waals surface area contributed by atoms with Gasteiger partial charge in [0.2, 0.25) is 0 Å². The number of nitrogens with one attached hydrogen (secondary N) is 2. The van der Waals surface area contributed by atoms with E-state index in [-0.39, 0.29) is 12.1 Å². The minimum atomic E-state index is -1.13. The Bertz CT molecular complexity index is 1030. The highest BCUT2D eigenvalue weighted by atomic mass is 19.1. The molecule has 3 unspecified atom stereocenters. The van der Waals surface area contributed by atoms with Gasteiger partial charge in [-0.25, -0.2) is 14.4 Å². The number of nitrogens with two attached hydrogens (primary N) is 1. The number of aryl methyl sites for hydroxylation is 2. The number of allylic oxidation sites excluding steroid dienone is 1. The predicted molar refractivity (Wildman–Crippen MR) is 119 cm³/mol. The summed E-state index contributed by atoms with van der Waals surface area (Å²) in [5.41, 5.74) is 14.3. The Hall–Kier alpha value is -2.73. The number of fused-ring (bicyclic) bond motifs is 5. The second-order valence-electron chi connectivity index (χ2n) is 8.93. The van der Waals surface area contributed by atoms with Crippen LogP contribution in [0.4, 0.5) is 10.2 Å². The molecule has 2 bridgehead atoms. The highest BCUT2D eigenvalue weighted by Gasteiger charge is 2.52. The fourth-order valence-electron chi connectivity index (χ4n) is 5.49. The molecule has 0 saturated carbocycles. The van der Waals surface area contributed by atoms with Crippen LogP contribution in [0.3, 0.4) is 0 Å². The van der Waals surface area contributed by atoms with Crippen LogP contribution in [0.25, 0.3) is 16.7 Å². The van der Waals surface area contributed by atoms with Crippen LogP contribution in [0.1, 0.15) is 49.4 Å². The van der Waals surface area contributed by atoms with E-state index in [0.717, 1.165) is 60.3 Å². The first-order valence-electron chi connectivity index (χ1n) is 10.8. The summed E-state index contributed by atoms with van der Waals surface area (Å²) in [4.78, 5) is 4.90. The first-order chi connectivity index (χ1) is 14.5. The number of hydrazine groups is 1. The number of anilines is 1. The van der Waals surface area contributed by atoms with E-state index in [0.29, 0.717) is 6.42 Å². The Labute approximate surface area is 176 Å². The van der Waals surface area contributed by atoms with Crippen LogP contribution in [0, 0.1) is 5.41 Å². The fourth-order valence-corrected chi connectivity index (χ4v) is 5.49. The van der Waals surface area contributed by atoms with Crippen molar-refractivity contribution in [2.24, 2.45) is 5.73 Å². The average molecular weight is 406 g/mol. The van der Waals surface area contributed by atoms with Crippen molar-refractivity contribution in [1.82, 2.24) is 9.99 Å². The summed E-state index contributed by atoms with van der Waals surface area (Å²) < 4.78 is 15.0. The van der Waals surface area contributed by atoms with E-state index in [1.165, 1.54) is 23.5 Å². The maximum Gasteiger partial charge on any atom is 0.140 e. The van der Waals surface area contributed by atoms with Gasteiger partial charge < -0.3 is 16.6 Å². The third kappa shape index (κ3) is 3.10. The Kier molecular flexibility index (Phi) is 4.62. The maximum absolute atomic E-state index is 15.0. The number of pyridine rings is 1. The van der Waals surface area contributed by atoms with Gasteiger partial charge in [0.25, 0.3) is 0 Å². The van der Waals surface area contributed by atoms with Gasteiger partial charge in [-0.2, -0.15) is 0 Å². The molecule has 5 nitrogen and oxygen atoms in total. The average Bonchev–Trinajstić information content (AvgIpc) is 2.87. The van der Waals surface area contributed by atoms with Crippen LogP contribution < -0.4 is 11.2 Å². The van der Waals surface area contributed by atoms with Gasteiger partial charge in [0.05, 0.1) is 11.7 Å². The third-order valence-corrected chi connectivity index (χ3v) is 6.99. The summed E-state index contributed by atoms with van der Waals surface area (Å²) >= 11 is 0. The van der Waals surface area contributed by atoms with Gasteiger partial charge in [0, 0.05) is 36.0 Å². The van der Waals surface area contributed by atoms with Crippen LogP contribution >= 0.6 is 0 Å². The predicted octanol–water partition coefficient (Wildman–Crippen LogP) is 4.48. The van der Waals surface area contributed by atoms with Crippen molar-refractivity contribution in [2.45, 2.75) is 63.2 Å². The fraction of sp³-hybridized carbons (Fsp3) is 0.417. The molecule has 3 aliphatic rings. The molecule has 2 saturated heterocycles. The highest BCUT2D eigenvalue weighted by Crippen LogP contribution is 2.44. The number of alkyl halides is 1. The number of benzene rings is 1. The van der Waals surface area contributed by atoms with Crippen molar-refractivity contribution in [3.05, 3.63) is 53.4 Å². The summed E-state index contributed by atoms with van der Waals surface area (Å²) in [6.07, 6.45) is 8.16. The lowest BCUT2D eigenvalue weighted by molar-refractivity contribution is 0.0969. The zero-order valence-corrected chi connectivity index (χ0v) is 17.3. The maximum atomic E-state index is 15.0. The second-order valence-corrected chi connectivity index (χ2v) is 8.93. The van der Waals surface area contributed by atoms with Crippen molar-refractivity contribution in [2.75, 3.05) is 5.43 Å². The number of nitrogens with zero attached hydrogens (tertiary/aromatic N) is 2. The first kappa shape index (κ1) is 19.2. The second kappa shape index (κ2) is 7.20. The molecule has 1 aromatic carbocycles. The van der Waals surface area contributed by atoms with Gasteiger partial charge in [0.15, 0.2) is 0 Å². The van der Waals surface area contributed by atoms with Crippen molar-refractivity contribution in [1.29, 1.82) is 5.41 Å². The lowest BCUT2D eigenvalue weighted by Gasteiger charge is -2.36. The highest BCUT2D eigenvalue weighted by molar-refractivity contribution is 6.08. The molecule has 3 atom stereocenters. The number of hydrogen-bond donors (Lipinski definition) is 3. The molecule has 6 heteroatoms. The third-order valence-electron chi connectivity index (χ3n) is 6.99. The number of aromatic nitrogens is 1. The van der Waals surface area contributed by atoms with Crippen LogP contribution in [-0.4, -0.2) is 34.0 Å². The molecule has 30 heavy (non-hydrogen) atoms. The van der Waals surface area contributed by atoms with Gasteiger partial charge in [-0.05, 0) is 61.4 Å². The molecule has 0 amide bonds. The molecule has 3 heterocycles. The molecule has 2 aliphatic heterocycles. The number of hydrogen-bond acceptors (Lipinski definition) is 5. The van der Waals surface area contributed by atoms with Crippen LogP contribution in [0.2, 0.25) is 0 Å². The van der Waals surface area contributed by atoms with E-state index in [1.807, 2.05) is 12.1 Å².